The molecule has 2 rings (SSSR count). The molecule has 0 saturated carbocycles. The lowest BCUT2D eigenvalue weighted by molar-refractivity contribution is 0.103. The number of nitrogens with zero attached hydrogens (tertiary/aromatic N) is 1. The van der Waals surface area contributed by atoms with E-state index in [1.165, 1.54) is 0 Å². The molecule has 3 nitrogen and oxygen atoms in total. The summed E-state index contributed by atoms with van der Waals surface area (Å²) in [6, 6.07) is 7.32. The molecule has 1 aromatic carbocycles. The van der Waals surface area contributed by atoms with Gasteiger partial charge in [-0.1, -0.05) is 47.6 Å². The number of phenols is 1. The number of phenolic OH excluding ortho intramolecular Hbond substituents is 1. The van der Waals surface area contributed by atoms with Crippen LogP contribution in [0.4, 0.5) is 0 Å². The van der Waals surface area contributed by atoms with E-state index in [2.05, 4.69) is 4.98 Å². The van der Waals surface area contributed by atoms with Gasteiger partial charge < -0.3 is 5.11 Å². The normalized spacial score (nSPS) is 12.3. The van der Waals surface area contributed by atoms with Crippen molar-refractivity contribution in [2.45, 2.75) is 59.3 Å². The van der Waals surface area contributed by atoms with E-state index in [1.807, 2.05) is 60.6 Å². The second-order valence-corrected chi connectivity index (χ2v) is 8.42. The maximum absolute atomic E-state index is 13.0. The minimum absolute atomic E-state index is 0.107. The third-order valence-corrected chi connectivity index (χ3v) is 4.21. The van der Waals surface area contributed by atoms with Crippen molar-refractivity contribution in [3.63, 3.8) is 0 Å². The Kier molecular flexibility index (Phi) is 4.58. The molecule has 128 valence electrons. The lowest BCUT2D eigenvalue weighted by Crippen LogP contribution is -2.19. The van der Waals surface area contributed by atoms with E-state index in [0.29, 0.717) is 11.3 Å². The van der Waals surface area contributed by atoms with Crippen LogP contribution in [0.15, 0.2) is 30.5 Å². The number of aromatic hydroxyl groups is 1. The molecule has 0 bridgehead atoms. The van der Waals surface area contributed by atoms with Crippen LogP contribution >= 0.6 is 0 Å². The van der Waals surface area contributed by atoms with Gasteiger partial charge in [-0.3, -0.25) is 9.78 Å². The Labute approximate surface area is 144 Å². The Bertz CT molecular complexity index is 742. The van der Waals surface area contributed by atoms with Crippen LogP contribution in [0.1, 0.15) is 74.3 Å². The van der Waals surface area contributed by atoms with E-state index < -0.39 is 0 Å². The van der Waals surface area contributed by atoms with Crippen LogP contribution in [-0.4, -0.2) is 15.9 Å². The number of rotatable bonds is 2. The fraction of sp³-hybridized carbons (Fsp3) is 0.429. The zero-order chi connectivity index (χ0) is 18.3. The van der Waals surface area contributed by atoms with Crippen molar-refractivity contribution in [1.29, 1.82) is 0 Å². The van der Waals surface area contributed by atoms with Crippen LogP contribution in [0.2, 0.25) is 0 Å². The standard InChI is InChI=1S/C21H27NO2/c1-13-9-8-10-22-17(13)18(23)14-11-15(20(2,3)4)19(24)16(12-14)21(5,6)7/h8-12,24H,1-7H3. The summed E-state index contributed by atoms with van der Waals surface area (Å²) in [5.74, 6) is 0.174. The molecule has 1 heterocycles. The Morgan fingerprint density at radius 1 is 1.00 bits per heavy atom. The fourth-order valence-electron chi connectivity index (χ4n) is 2.77. The highest BCUT2D eigenvalue weighted by molar-refractivity contribution is 6.09. The first kappa shape index (κ1) is 18.2. The van der Waals surface area contributed by atoms with Crippen LogP contribution in [0.3, 0.4) is 0 Å². The van der Waals surface area contributed by atoms with Crippen molar-refractivity contribution in [2.75, 3.05) is 0 Å². The van der Waals surface area contributed by atoms with Gasteiger partial charge in [-0.25, -0.2) is 0 Å². The minimum Gasteiger partial charge on any atom is -0.507 e. The average molecular weight is 325 g/mol. The monoisotopic (exact) mass is 325 g/mol. The summed E-state index contributed by atoms with van der Waals surface area (Å²) in [5.41, 5.74) is 2.93. The quantitative estimate of drug-likeness (QED) is 0.797. The second-order valence-electron chi connectivity index (χ2n) is 8.42. The molecule has 24 heavy (non-hydrogen) atoms. The number of carbonyl (C=O) groups excluding carboxylic acids is 1. The Hall–Kier alpha value is -2.16. The molecule has 0 aliphatic rings. The number of carbonyl (C=O) groups is 1. The van der Waals surface area contributed by atoms with Gasteiger partial charge in [0.1, 0.15) is 11.4 Å². The summed E-state index contributed by atoms with van der Waals surface area (Å²) in [5, 5.41) is 10.8. The average Bonchev–Trinajstić information content (AvgIpc) is 2.45. The number of hydrogen-bond donors (Lipinski definition) is 1. The highest BCUT2D eigenvalue weighted by atomic mass is 16.3. The van der Waals surface area contributed by atoms with Gasteiger partial charge in [-0.05, 0) is 41.5 Å². The van der Waals surface area contributed by atoms with Gasteiger partial charge in [0, 0.05) is 22.9 Å². The summed E-state index contributed by atoms with van der Waals surface area (Å²) in [4.78, 5) is 17.2. The van der Waals surface area contributed by atoms with Crippen molar-refractivity contribution in [1.82, 2.24) is 4.98 Å². The van der Waals surface area contributed by atoms with Crippen LogP contribution in [0.5, 0.6) is 5.75 Å². The van der Waals surface area contributed by atoms with Gasteiger partial charge in [0.2, 0.25) is 5.78 Å². The first-order valence-electron chi connectivity index (χ1n) is 8.27. The molecule has 3 heteroatoms. The fourth-order valence-corrected chi connectivity index (χ4v) is 2.77. The van der Waals surface area contributed by atoms with Crippen molar-refractivity contribution >= 4 is 5.78 Å². The molecule has 2 aromatic rings. The summed E-state index contributed by atoms with van der Waals surface area (Å²) < 4.78 is 0. The summed E-state index contributed by atoms with van der Waals surface area (Å²) in [6.07, 6.45) is 1.63. The molecule has 0 amide bonds. The van der Waals surface area contributed by atoms with Crippen LogP contribution in [-0.2, 0) is 10.8 Å². The van der Waals surface area contributed by atoms with E-state index in [4.69, 9.17) is 0 Å². The molecule has 0 fully saturated rings. The second kappa shape index (κ2) is 6.04. The molecule has 1 N–H and O–H groups in total. The third kappa shape index (κ3) is 3.50. The van der Waals surface area contributed by atoms with Gasteiger partial charge in [0.05, 0.1) is 0 Å². The van der Waals surface area contributed by atoms with Crippen LogP contribution in [0.25, 0.3) is 0 Å². The first-order chi connectivity index (χ1) is 10.9. The summed E-state index contributed by atoms with van der Waals surface area (Å²) in [7, 11) is 0. The molecule has 0 radical (unpaired) electrons. The highest BCUT2D eigenvalue weighted by Gasteiger charge is 2.28. The smallest absolute Gasteiger partial charge is 0.211 e. The van der Waals surface area contributed by atoms with Crippen molar-refractivity contribution in [2.24, 2.45) is 0 Å². The van der Waals surface area contributed by atoms with Crippen molar-refractivity contribution < 1.29 is 9.90 Å². The van der Waals surface area contributed by atoms with Gasteiger partial charge in [-0.2, -0.15) is 0 Å². The SMILES string of the molecule is Cc1cccnc1C(=O)c1cc(C(C)(C)C)c(O)c(C(C)(C)C)c1. The molecule has 0 atom stereocenters. The van der Waals surface area contributed by atoms with Gasteiger partial charge >= 0.3 is 0 Å². The third-order valence-electron chi connectivity index (χ3n) is 4.21. The summed E-state index contributed by atoms with van der Waals surface area (Å²) in [6.45, 7) is 14.1. The maximum Gasteiger partial charge on any atom is 0.211 e. The van der Waals surface area contributed by atoms with E-state index >= 15 is 0 Å². The maximum atomic E-state index is 13.0. The predicted molar refractivity (Wildman–Crippen MR) is 97.9 cm³/mol. The minimum atomic E-state index is -0.264. The van der Waals surface area contributed by atoms with E-state index in [1.54, 1.807) is 18.3 Å². The first-order valence-corrected chi connectivity index (χ1v) is 8.27. The highest BCUT2D eigenvalue weighted by Crippen LogP contribution is 2.40. The van der Waals surface area contributed by atoms with E-state index in [9.17, 15) is 9.90 Å². The number of pyridine rings is 1. The molecule has 1 aromatic heterocycles. The lowest BCUT2D eigenvalue weighted by Gasteiger charge is -2.28. The Morgan fingerprint density at radius 2 is 1.50 bits per heavy atom. The van der Waals surface area contributed by atoms with Crippen molar-refractivity contribution in [3.8, 4) is 5.75 Å². The number of aryl methyl sites for hydroxylation is 1. The van der Waals surface area contributed by atoms with Crippen LogP contribution < -0.4 is 0 Å². The molecule has 0 aliphatic carbocycles. The molecular weight excluding hydrogens is 298 g/mol. The molecule has 0 spiro atoms. The number of aromatic nitrogens is 1. The van der Waals surface area contributed by atoms with Gasteiger partial charge in [-0.15, -0.1) is 0 Å². The molecule has 0 aliphatic heterocycles. The van der Waals surface area contributed by atoms with E-state index in [-0.39, 0.29) is 22.4 Å². The molecule has 0 saturated heterocycles. The van der Waals surface area contributed by atoms with Crippen molar-refractivity contribution in [3.05, 3.63) is 58.4 Å². The topological polar surface area (TPSA) is 50.2 Å². The largest absolute Gasteiger partial charge is 0.507 e. The van der Waals surface area contributed by atoms with Gasteiger partial charge in [0.15, 0.2) is 0 Å². The van der Waals surface area contributed by atoms with E-state index in [0.717, 1.165) is 16.7 Å². The lowest BCUT2D eigenvalue weighted by atomic mass is 9.78. The Morgan fingerprint density at radius 3 is 1.92 bits per heavy atom. The van der Waals surface area contributed by atoms with Crippen LogP contribution in [0, 0.1) is 6.92 Å². The Balaban J connectivity index is 2.72. The zero-order valence-electron chi connectivity index (χ0n) is 15.7. The van der Waals surface area contributed by atoms with Gasteiger partial charge in [0.25, 0.3) is 0 Å². The summed E-state index contributed by atoms with van der Waals surface area (Å²) >= 11 is 0. The molecular formula is C21H27NO2. The number of benzene rings is 1. The molecule has 0 unspecified atom stereocenters. The number of hydrogen-bond acceptors (Lipinski definition) is 3. The number of ketones is 1. The zero-order valence-corrected chi connectivity index (χ0v) is 15.7. The predicted octanol–water partition coefficient (Wildman–Crippen LogP) is 4.92.